The van der Waals surface area contributed by atoms with E-state index in [9.17, 15) is 14.0 Å². The first-order valence-corrected chi connectivity index (χ1v) is 9.46. The Hall–Kier alpha value is -1.73. The number of benzene rings is 1. The van der Waals surface area contributed by atoms with Crippen molar-refractivity contribution in [3.05, 3.63) is 40.6 Å². The third-order valence-electron chi connectivity index (χ3n) is 4.20. The van der Waals surface area contributed by atoms with E-state index in [1.54, 1.807) is 18.2 Å². The van der Waals surface area contributed by atoms with Crippen LogP contribution in [0.25, 0.3) is 6.08 Å². The molecule has 0 atom stereocenters. The average Bonchev–Trinajstić information content (AvgIpc) is 2.85. The van der Waals surface area contributed by atoms with Crippen LogP contribution in [0.3, 0.4) is 0 Å². The van der Waals surface area contributed by atoms with Gasteiger partial charge in [-0.3, -0.25) is 14.5 Å². The Kier molecular flexibility index (Phi) is 5.86. The second-order valence-electron chi connectivity index (χ2n) is 6.04. The van der Waals surface area contributed by atoms with E-state index >= 15 is 0 Å². The Balaban J connectivity index is 1.65. The Bertz CT molecular complexity index is 729. The van der Waals surface area contributed by atoms with Crippen LogP contribution in [0.1, 0.15) is 37.7 Å². The van der Waals surface area contributed by atoms with E-state index in [0.29, 0.717) is 10.5 Å². The summed E-state index contributed by atoms with van der Waals surface area (Å²) in [5, 5.41) is 0. The molecule has 1 aliphatic heterocycles. The van der Waals surface area contributed by atoms with Crippen LogP contribution in [0, 0.1) is 5.82 Å². The van der Waals surface area contributed by atoms with Gasteiger partial charge in [0.2, 0.25) is 0 Å². The van der Waals surface area contributed by atoms with E-state index < -0.39 is 11.8 Å². The highest BCUT2D eigenvalue weighted by atomic mass is 32.2. The van der Waals surface area contributed by atoms with Gasteiger partial charge >= 0.3 is 5.97 Å². The van der Waals surface area contributed by atoms with Crippen molar-refractivity contribution in [1.82, 2.24) is 4.90 Å². The van der Waals surface area contributed by atoms with E-state index in [4.69, 9.17) is 17.0 Å². The van der Waals surface area contributed by atoms with E-state index in [1.807, 2.05) is 0 Å². The van der Waals surface area contributed by atoms with E-state index in [0.717, 1.165) is 37.4 Å². The molecule has 3 rings (SSSR count). The van der Waals surface area contributed by atoms with Crippen LogP contribution in [0.4, 0.5) is 4.39 Å². The molecule has 0 N–H and O–H groups in total. The number of esters is 1. The average molecular weight is 379 g/mol. The van der Waals surface area contributed by atoms with Crippen molar-refractivity contribution >= 4 is 46.3 Å². The maximum absolute atomic E-state index is 13.7. The summed E-state index contributed by atoms with van der Waals surface area (Å²) in [6.45, 7) is -0.199. The summed E-state index contributed by atoms with van der Waals surface area (Å²) in [4.78, 5) is 26.1. The molecule has 1 heterocycles. The molecule has 7 heteroatoms. The highest BCUT2D eigenvalue weighted by molar-refractivity contribution is 8.26. The van der Waals surface area contributed by atoms with Gasteiger partial charge in [-0.1, -0.05) is 48.6 Å². The van der Waals surface area contributed by atoms with E-state index in [1.165, 1.54) is 23.5 Å². The van der Waals surface area contributed by atoms with Crippen molar-refractivity contribution in [2.24, 2.45) is 0 Å². The molecule has 0 radical (unpaired) electrons. The molecule has 132 valence electrons. The number of amides is 1. The standard InChI is InChI=1S/C18H18FNO3S2/c19-14-9-5-4-6-12(14)10-15-17(22)20(18(24)25-15)11-16(21)23-13-7-2-1-3-8-13/h4-6,9-10,13H,1-3,7-8,11H2/b15-10-. The third-order valence-corrected chi connectivity index (χ3v) is 5.58. The lowest BCUT2D eigenvalue weighted by atomic mass is 9.98. The molecule has 0 bridgehead atoms. The van der Waals surface area contributed by atoms with Gasteiger partial charge in [-0.25, -0.2) is 4.39 Å². The first kappa shape index (κ1) is 18.1. The molecule has 1 saturated heterocycles. The summed E-state index contributed by atoms with van der Waals surface area (Å²) in [6.07, 6.45) is 6.43. The fourth-order valence-electron chi connectivity index (χ4n) is 2.90. The maximum Gasteiger partial charge on any atom is 0.326 e. The van der Waals surface area contributed by atoms with Gasteiger partial charge in [0.1, 0.15) is 22.8 Å². The van der Waals surface area contributed by atoms with E-state index in [2.05, 4.69) is 0 Å². The number of hydrogen-bond donors (Lipinski definition) is 0. The molecule has 1 aliphatic carbocycles. The second-order valence-corrected chi connectivity index (χ2v) is 7.72. The molecule has 1 aromatic carbocycles. The van der Waals surface area contributed by atoms with E-state index in [-0.39, 0.29) is 22.9 Å². The Morgan fingerprint density at radius 2 is 2.04 bits per heavy atom. The molecular formula is C18H18FNO3S2. The molecule has 25 heavy (non-hydrogen) atoms. The van der Waals surface area contributed by atoms with Gasteiger partial charge in [0.15, 0.2) is 0 Å². The van der Waals surface area contributed by atoms with Crippen LogP contribution in [0.15, 0.2) is 29.2 Å². The molecule has 1 aromatic rings. The van der Waals surface area contributed by atoms with Crippen molar-refractivity contribution in [2.45, 2.75) is 38.2 Å². The monoisotopic (exact) mass is 379 g/mol. The number of rotatable bonds is 4. The number of hydrogen-bond acceptors (Lipinski definition) is 5. The molecule has 0 spiro atoms. The molecular weight excluding hydrogens is 361 g/mol. The number of ether oxygens (including phenoxy) is 1. The first-order valence-electron chi connectivity index (χ1n) is 8.24. The normalized spacial score (nSPS) is 20.4. The molecule has 0 aromatic heterocycles. The molecule has 0 unspecified atom stereocenters. The van der Waals surface area contributed by atoms with Crippen molar-refractivity contribution in [2.75, 3.05) is 6.54 Å². The number of halogens is 1. The fraction of sp³-hybridized carbons (Fsp3) is 0.389. The lowest BCUT2D eigenvalue weighted by Crippen LogP contribution is -2.36. The molecule has 1 amide bonds. The second kappa shape index (κ2) is 8.10. The summed E-state index contributed by atoms with van der Waals surface area (Å²) in [7, 11) is 0. The Morgan fingerprint density at radius 3 is 2.76 bits per heavy atom. The highest BCUT2D eigenvalue weighted by Crippen LogP contribution is 2.33. The minimum absolute atomic E-state index is 0.0615. The van der Waals surface area contributed by atoms with Crippen LogP contribution < -0.4 is 0 Å². The van der Waals surface area contributed by atoms with Crippen LogP contribution >= 0.6 is 24.0 Å². The van der Waals surface area contributed by atoms with Gasteiger partial charge in [-0.2, -0.15) is 0 Å². The zero-order chi connectivity index (χ0) is 17.8. The Labute approximate surface area is 155 Å². The maximum atomic E-state index is 13.7. The molecule has 4 nitrogen and oxygen atoms in total. The summed E-state index contributed by atoms with van der Waals surface area (Å²) < 4.78 is 19.5. The van der Waals surface area contributed by atoms with Crippen LogP contribution in [0.2, 0.25) is 0 Å². The lowest BCUT2D eigenvalue weighted by molar-refractivity contribution is -0.152. The number of nitrogens with zero attached hydrogens (tertiary/aromatic N) is 1. The zero-order valence-electron chi connectivity index (χ0n) is 13.6. The summed E-state index contributed by atoms with van der Waals surface area (Å²) in [5.41, 5.74) is 0.313. The lowest BCUT2D eigenvalue weighted by Gasteiger charge is -2.23. The number of carbonyl (C=O) groups is 2. The van der Waals surface area contributed by atoms with Gasteiger partial charge in [-0.05, 0) is 37.8 Å². The first-order chi connectivity index (χ1) is 12.0. The van der Waals surface area contributed by atoms with Gasteiger partial charge in [-0.15, -0.1) is 0 Å². The fourth-order valence-corrected chi connectivity index (χ4v) is 4.15. The minimum atomic E-state index is -0.449. The third kappa shape index (κ3) is 4.46. The van der Waals surface area contributed by atoms with Crippen molar-refractivity contribution in [1.29, 1.82) is 0 Å². The summed E-state index contributed by atoms with van der Waals surface area (Å²) >= 11 is 6.26. The predicted octanol–water partition coefficient (Wildman–Crippen LogP) is 3.90. The van der Waals surface area contributed by atoms with Crippen LogP contribution in [-0.2, 0) is 14.3 Å². The minimum Gasteiger partial charge on any atom is -0.461 e. The van der Waals surface area contributed by atoms with Gasteiger partial charge in [0.05, 0.1) is 4.91 Å². The van der Waals surface area contributed by atoms with Gasteiger partial charge < -0.3 is 4.74 Å². The van der Waals surface area contributed by atoms with Crippen molar-refractivity contribution < 1.29 is 18.7 Å². The van der Waals surface area contributed by atoms with Gasteiger partial charge in [0, 0.05) is 5.56 Å². The summed E-state index contributed by atoms with van der Waals surface area (Å²) in [5.74, 6) is -1.25. The quantitative estimate of drug-likeness (QED) is 0.451. The highest BCUT2D eigenvalue weighted by Gasteiger charge is 2.34. The molecule has 1 saturated carbocycles. The smallest absolute Gasteiger partial charge is 0.326 e. The van der Waals surface area contributed by atoms with Crippen LogP contribution in [0.5, 0.6) is 0 Å². The largest absolute Gasteiger partial charge is 0.461 e. The zero-order valence-corrected chi connectivity index (χ0v) is 15.2. The molecule has 2 aliphatic rings. The topological polar surface area (TPSA) is 46.6 Å². The Morgan fingerprint density at radius 1 is 1.32 bits per heavy atom. The van der Waals surface area contributed by atoms with Crippen LogP contribution in [-0.4, -0.2) is 33.7 Å². The number of carbonyl (C=O) groups excluding carboxylic acids is 2. The van der Waals surface area contributed by atoms with Crippen molar-refractivity contribution in [3.63, 3.8) is 0 Å². The number of thioether (sulfide) groups is 1. The SMILES string of the molecule is O=C(CN1C(=O)/C(=C/c2ccccc2F)SC1=S)OC1CCCCC1. The predicted molar refractivity (Wildman–Crippen MR) is 99.2 cm³/mol. The van der Waals surface area contributed by atoms with Gasteiger partial charge in [0.25, 0.3) is 5.91 Å². The number of thiocarbonyl (C=S) groups is 1. The summed E-state index contributed by atoms with van der Waals surface area (Å²) in [6, 6.07) is 6.18. The molecule has 2 fully saturated rings. The van der Waals surface area contributed by atoms with Crippen molar-refractivity contribution in [3.8, 4) is 0 Å².